The second-order valence-corrected chi connectivity index (χ2v) is 14.3. The number of hydrogen-bond donors (Lipinski definition) is 0. The molecule has 1 aliphatic heterocycles. The van der Waals surface area contributed by atoms with Gasteiger partial charge in [0.1, 0.15) is 0 Å². The largest absolute Gasteiger partial charge is 0.336 e. The van der Waals surface area contributed by atoms with E-state index in [1.54, 1.807) is 0 Å². The Hall–Kier alpha value is -5.60. The number of aromatic nitrogens is 1. The van der Waals surface area contributed by atoms with E-state index in [4.69, 9.17) is 0 Å². The van der Waals surface area contributed by atoms with Gasteiger partial charge in [0.05, 0.1) is 16.7 Å². The van der Waals surface area contributed by atoms with Gasteiger partial charge in [-0.3, -0.25) is 0 Å². The molecule has 9 rings (SSSR count). The van der Waals surface area contributed by atoms with Crippen LogP contribution in [-0.2, 0) is 0 Å². The number of allylic oxidation sites excluding steroid dienone is 4. The Morgan fingerprint density at radius 1 is 0.647 bits per heavy atom. The van der Waals surface area contributed by atoms with Gasteiger partial charge in [-0.2, -0.15) is 0 Å². The van der Waals surface area contributed by atoms with Crippen LogP contribution in [0.2, 0.25) is 0 Å². The van der Waals surface area contributed by atoms with E-state index in [9.17, 15) is 0 Å². The Morgan fingerprint density at radius 2 is 1.29 bits per heavy atom. The van der Waals surface area contributed by atoms with Crippen molar-refractivity contribution < 1.29 is 0 Å². The zero-order valence-corrected chi connectivity index (χ0v) is 29.5. The van der Waals surface area contributed by atoms with Crippen molar-refractivity contribution in [3.05, 3.63) is 175 Å². The first-order valence-electron chi connectivity index (χ1n) is 18.7. The SMILES string of the molecule is C/C=C\C(=C/CC)C1CCC2[C@@H](C1)c1ccc3c4ccccc4n(-c4ccccc4)c3c1N2c1cc(-c2ccccc2)cc(-c2ccccc2)c1. The van der Waals surface area contributed by atoms with Crippen LogP contribution in [-0.4, -0.2) is 10.6 Å². The van der Waals surface area contributed by atoms with Gasteiger partial charge >= 0.3 is 0 Å². The molecule has 2 nitrogen and oxygen atoms in total. The average Bonchev–Trinajstić information content (AvgIpc) is 3.71. The molecule has 0 radical (unpaired) electrons. The fourth-order valence-electron chi connectivity index (χ4n) is 9.18. The van der Waals surface area contributed by atoms with E-state index in [1.807, 2.05) is 0 Å². The number of rotatable bonds is 7. The smallest absolute Gasteiger partial charge is 0.0781 e. The molecule has 250 valence electrons. The molecule has 2 unspecified atom stereocenters. The number of benzene rings is 6. The summed E-state index contributed by atoms with van der Waals surface area (Å²) in [4.78, 5) is 2.77. The molecule has 1 saturated carbocycles. The van der Waals surface area contributed by atoms with Gasteiger partial charge in [-0.25, -0.2) is 0 Å². The van der Waals surface area contributed by atoms with Crippen molar-refractivity contribution in [2.24, 2.45) is 5.92 Å². The van der Waals surface area contributed by atoms with Gasteiger partial charge in [-0.05, 0) is 108 Å². The molecule has 7 aromatic rings. The number of fused-ring (bicyclic) bond motifs is 7. The first kappa shape index (κ1) is 31.4. The van der Waals surface area contributed by atoms with Crippen molar-refractivity contribution in [1.29, 1.82) is 0 Å². The van der Waals surface area contributed by atoms with Gasteiger partial charge in [0.25, 0.3) is 0 Å². The van der Waals surface area contributed by atoms with Crippen LogP contribution in [0.3, 0.4) is 0 Å². The van der Waals surface area contributed by atoms with Gasteiger partial charge in [0, 0.05) is 34.1 Å². The van der Waals surface area contributed by atoms with E-state index in [0.717, 1.165) is 19.3 Å². The fourth-order valence-corrected chi connectivity index (χ4v) is 9.18. The maximum atomic E-state index is 2.77. The summed E-state index contributed by atoms with van der Waals surface area (Å²) in [5.41, 5.74) is 14.4. The molecule has 2 heterocycles. The van der Waals surface area contributed by atoms with Crippen LogP contribution < -0.4 is 4.90 Å². The Labute approximate surface area is 302 Å². The number of nitrogens with zero attached hydrogens (tertiary/aromatic N) is 2. The van der Waals surface area contributed by atoms with E-state index in [1.165, 1.54) is 78.7 Å². The molecule has 2 aliphatic rings. The monoisotopic (exact) mass is 660 g/mol. The van der Waals surface area contributed by atoms with Crippen LogP contribution in [0.1, 0.15) is 51.0 Å². The molecule has 0 bridgehead atoms. The molecule has 2 heteroatoms. The molecular formula is C49H44N2. The minimum atomic E-state index is 0.368. The van der Waals surface area contributed by atoms with E-state index < -0.39 is 0 Å². The van der Waals surface area contributed by atoms with E-state index in [-0.39, 0.29) is 0 Å². The molecule has 0 amide bonds. The predicted octanol–water partition coefficient (Wildman–Crippen LogP) is 13.4. The molecule has 3 atom stereocenters. The van der Waals surface area contributed by atoms with Crippen molar-refractivity contribution in [2.45, 2.75) is 51.5 Å². The van der Waals surface area contributed by atoms with Gasteiger partial charge in [0.15, 0.2) is 0 Å². The first-order chi connectivity index (χ1) is 25.2. The van der Waals surface area contributed by atoms with Crippen molar-refractivity contribution >= 4 is 33.2 Å². The van der Waals surface area contributed by atoms with Crippen LogP contribution in [0, 0.1) is 5.92 Å². The maximum absolute atomic E-state index is 2.77. The summed E-state index contributed by atoms with van der Waals surface area (Å²) >= 11 is 0. The predicted molar refractivity (Wildman–Crippen MR) is 217 cm³/mol. The molecule has 1 fully saturated rings. The lowest BCUT2D eigenvalue weighted by molar-refractivity contribution is 0.335. The number of para-hydroxylation sites is 2. The Kier molecular flexibility index (Phi) is 8.16. The lowest BCUT2D eigenvalue weighted by Gasteiger charge is -2.38. The van der Waals surface area contributed by atoms with Crippen LogP contribution in [0.15, 0.2) is 169 Å². The molecule has 51 heavy (non-hydrogen) atoms. The van der Waals surface area contributed by atoms with Gasteiger partial charge in [0.2, 0.25) is 0 Å². The molecule has 0 N–H and O–H groups in total. The highest BCUT2D eigenvalue weighted by Crippen LogP contribution is 2.57. The Morgan fingerprint density at radius 3 is 1.96 bits per heavy atom. The third-order valence-electron chi connectivity index (χ3n) is 11.3. The number of anilines is 2. The summed E-state index contributed by atoms with van der Waals surface area (Å²) in [5, 5.41) is 2.62. The second-order valence-electron chi connectivity index (χ2n) is 14.3. The summed E-state index contributed by atoms with van der Waals surface area (Å²) < 4.78 is 2.53. The van der Waals surface area contributed by atoms with Gasteiger partial charge in [-0.15, -0.1) is 0 Å². The van der Waals surface area contributed by atoms with Gasteiger partial charge in [-0.1, -0.05) is 134 Å². The van der Waals surface area contributed by atoms with Crippen molar-refractivity contribution in [3.63, 3.8) is 0 Å². The normalized spacial score (nSPS) is 18.8. The zero-order chi connectivity index (χ0) is 34.3. The quantitative estimate of drug-likeness (QED) is 0.154. The minimum Gasteiger partial charge on any atom is -0.336 e. The first-order valence-corrected chi connectivity index (χ1v) is 18.7. The summed E-state index contributed by atoms with van der Waals surface area (Å²) in [6, 6.07) is 54.3. The topological polar surface area (TPSA) is 8.17 Å². The molecule has 0 spiro atoms. The zero-order valence-electron chi connectivity index (χ0n) is 29.5. The lowest BCUT2D eigenvalue weighted by Crippen LogP contribution is -2.35. The highest BCUT2D eigenvalue weighted by molar-refractivity contribution is 6.15. The summed E-state index contributed by atoms with van der Waals surface area (Å²) in [6.07, 6.45) is 11.6. The van der Waals surface area contributed by atoms with Crippen molar-refractivity contribution in [3.8, 4) is 27.9 Å². The highest BCUT2D eigenvalue weighted by Gasteiger charge is 2.45. The third-order valence-corrected chi connectivity index (χ3v) is 11.3. The second kappa shape index (κ2) is 13.3. The van der Waals surface area contributed by atoms with E-state index in [2.05, 4.69) is 187 Å². The van der Waals surface area contributed by atoms with Gasteiger partial charge < -0.3 is 9.47 Å². The van der Waals surface area contributed by atoms with Crippen LogP contribution >= 0.6 is 0 Å². The lowest BCUT2D eigenvalue weighted by atomic mass is 9.73. The highest BCUT2D eigenvalue weighted by atomic mass is 15.2. The summed E-state index contributed by atoms with van der Waals surface area (Å²) in [6.45, 7) is 4.43. The van der Waals surface area contributed by atoms with Crippen molar-refractivity contribution in [1.82, 2.24) is 4.57 Å². The van der Waals surface area contributed by atoms with E-state index in [0.29, 0.717) is 17.9 Å². The Bertz CT molecular complexity index is 2340. The molecule has 1 aliphatic carbocycles. The fraction of sp³-hybridized carbons (Fsp3) is 0.184. The van der Waals surface area contributed by atoms with Crippen molar-refractivity contribution in [2.75, 3.05) is 4.90 Å². The molecule has 1 aromatic heterocycles. The van der Waals surface area contributed by atoms with Crippen LogP contribution in [0.4, 0.5) is 11.4 Å². The average molecular weight is 661 g/mol. The minimum absolute atomic E-state index is 0.368. The number of hydrogen-bond acceptors (Lipinski definition) is 1. The maximum Gasteiger partial charge on any atom is 0.0781 e. The molecule has 0 saturated heterocycles. The van der Waals surface area contributed by atoms with Crippen LogP contribution in [0.5, 0.6) is 0 Å². The standard InChI is InChI=1S/C49H44N2/c1-3-16-34(17-4-2)37-26-29-47-45(33-37)44-28-27-43-42-24-14-15-25-46(42)50(40-22-12-7-13-23-40)48(43)49(44)51(47)41-31-38(35-18-8-5-9-19-35)30-39(32-41)36-20-10-6-11-21-36/h3,5-25,27-28,30-32,37,45,47H,4,26,29,33H2,1-2H3/b16-3-,34-17+/t37?,45-,47?/m0/s1. The summed E-state index contributed by atoms with van der Waals surface area (Å²) in [5.74, 6) is 0.984. The summed E-state index contributed by atoms with van der Waals surface area (Å²) in [7, 11) is 0. The molecule has 6 aromatic carbocycles. The van der Waals surface area contributed by atoms with Crippen LogP contribution in [0.25, 0.3) is 49.7 Å². The van der Waals surface area contributed by atoms with E-state index >= 15 is 0 Å². The third kappa shape index (κ3) is 5.42. The Balaban J connectivity index is 1.33. The molecular weight excluding hydrogens is 617 g/mol.